The monoisotopic (exact) mass is 305 g/mol. The number of hydrogen-bond donors (Lipinski definition) is 2. The predicted molar refractivity (Wildman–Crippen MR) is 83.9 cm³/mol. The van der Waals surface area contributed by atoms with Crippen LogP contribution in [0.5, 0.6) is 5.75 Å². The van der Waals surface area contributed by atoms with E-state index in [1.54, 1.807) is 24.3 Å². The summed E-state index contributed by atoms with van der Waals surface area (Å²) in [6.45, 7) is 3.90. The van der Waals surface area contributed by atoms with Gasteiger partial charge < -0.3 is 15.2 Å². The number of rotatable bonds is 5. The van der Waals surface area contributed by atoms with E-state index >= 15 is 0 Å². The maximum atomic E-state index is 12.3. The Morgan fingerprint density at radius 2 is 1.73 bits per heavy atom. The third-order valence-electron chi connectivity index (χ3n) is 3.91. The van der Waals surface area contributed by atoms with Crippen LogP contribution in [0.3, 0.4) is 0 Å². The lowest BCUT2D eigenvalue weighted by atomic mass is 9.78. The number of carboxylic acid groups (broad SMARTS) is 1. The Bertz CT molecular complexity index is 524. The molecule has 0 aromatic heterocycles. The number of ether oxygens (including phenoxy) is 1. The molecule has 5 heteroatoms. The van der Waals surface area contributed by atoms with E-state index in [4.69, 9.17) is 4.74 Å². The molecule has 2 N–H and O–H groups in total. The number of carbonyl (C=O) groups excluding carboxylic acids is 1. The molecule has 0 aliphatic heterocycles. The summed E-state index contributed by atoms with van der Waals surface area (Å²) >= 11 is 0. The molecule has 0 saturated heterocycles. The van der Waals surface area contributed by atoms with Crippen molar-refractivity contribution in [3.63, 3.8) is 0 Å². The lowest BCUT2D eigenvalue weighted by Gasteiger charge is -2.27. The molecule has 5 nitrogen and oxygen atoms in total. The Morgan fingerprint density at radius 1 is 1.14 bits per heavy atom. The van der Waals surface area contributed by atoms with Crippen LogP contribution in [0.15, 0.2) is 24.3 Å². The van der Waals surface area contributed by atoms with Crippen molar-refractivity contribution in [2.24, 2.45) is 11.8 Å². The normalized spacial score (nSPS) is 21.4. The quantitative estimate of drug-likeness (QED) is 0.875. The Kier molecular flexibility index (Phi) is 5.41. The lowest BCUT2D eigenvalue weighted by molar-refractivity contribution is -0.147. The first-order valence-corrected chi connectivity index (χ1v) is 7.77. The molecule has 1 amide bonds. The number of aliphatic carboxylic acids is 1. The molecule has 2 rings (SSSR count). The molecular weight excluding hydrogens is 282 g/mol. The van der Waals surface area contributed by atoms with Crippen LogP contribution in [-0.2, 0) is 9.59 Å². The molecule has 0 radical (unpaired) electrons. The minimum Gasteiger partial charge on any atom is -0.491 e. The average Bonchev–Trinajstić information content (AvgIpc) is 2.48. The van der Waals surface area contributed by atoms with Gasteiger partial charge in [-0.15, -0.1) is 0 Å². The first-order chi connectivity index (χ1) is 10.5. The fraction of sp³-hybridized carbons (Fsp3) is 0.529. The second-order valence-electron chi connectivity index (χ2n) is 6.02. The molecule has 22 heavy (non-hydrogen) atoms. The minimum absolute atomic E-state index is 0.0963. The highest BCUT2D eigenvalue weighted by Crippen LogP contribution is 2.31. The molecule has 0 spiro atoms. The second-order valence-corrected chi connectivity index (χ2v) is 6.02. The van der Waals surface area contributed by atoms with Gasteiger partial charge in [0.1, 0.15) is 5.75 Å². The van der Waals surface area contributed by atoms with E-state index in [9.17, 15) is 14.7 Å². The van der Waals surface area contributed by atoms with Crippen LogP contribution in [-0.4, -0.2) is 23.1 Å². The van der Waals surface area contributed by atoms with Crippen molar-refractivity contribution in [1.82, 2.24) is 0 Å². The third kappa shape index (κ3) is 4.23. The molecular formula is C17H23NO4. The van der Waals surface area contributed by atoms with E-state index in [0.717, 1.165) is 18.6 Å². The summed E-state index contributed by atoms with van der Waals surface area (Å²) in [5.41, 5.74) is 0.663. The number of anilines is 1. The first kappa shape index (κ1) is 16.3. The predicted octanol–water partition coefficient (Wildman–Crippen LogP) is 3.30. The maximum absolute atomic E-state index is 12.3. The van der Waals surface area contributed by atoms with Gasteiger partial charge in [-0.25, -0.2) is 0 Å². The molecule has 0 bridgehead atoms. The molecule has 1 aromatic carbocycles. The van der Waals surface area contributed by atoms with E-state index in [-0.39, 0.29) is 12.0 Å². The summed E-state index contributed by atoms with van der Waals surface area (Å²) in [6, 6.07) is 7.14. The van der Waals surface area contributed by atoms with Crippen molar-refractivity contribution < 1.29 is 19.4 Å². The fourth-order valence-corrected chi connectivity index (χ4v) is 2.86. The number of benzene rings is 1. The van der Waals surface area contributed by atoms with Gasteiger partial charge in [0.15, 0.2) is 0 Å². The van der Waals surface area contributed by atoms with Gasteiger partial charge in [-0.3, -0.25) is 9.59 Å². The zero-order valence-electron chi connectivity index (χ0n) is 13.0. The van der Waals surface area contributed by atoms with Crippen LogP contribution in [0.2, 0.25) is 0 Å². The molecule has 0 heterocycles. The largest absolute Gasteiger partial charge is 0.491 e. The summed E-state index contributed by atoms with van der Waals surface area (Å²) in [5.74, 6) is -1.35. The van der Waals surface area contributed by atoms with Crippen LogP contribution >= 0.6 is 0 Å². The van der Waals surface area contributed by atoms with Gasteiger partial charge in [0.05, 0.1) is 17.9 Å². The Hall–Kier alpha value is -2.04. The van der Waals surface area contributed by atoms with Crippen LogP contribution in [0, 0.1) is 11.8 Å². The van der Waals surface area contributed by atoms with Gasteiger partial charge >= 0.3 is 5.97 Å². The highest BCUT2D eigenvalue weighted by Gasteiger charge is 2.35. The van der Waals surface area contributed by atoms with Crippen LogP contribution in [0.4, 0.5) is 5.69 Å². The number of nitrogens with one attached hydrogen (secondary N) is 1. The van der Waals surface area contributed by atoms with Crippen molar-refractivity contribution in [3.8, 4) is 5.75 Å². The second kappa shape index (κ2) is 7.29. The van der Waals surface area contributed by atoms with E-state index in [1.165, 1.54) is 0 Å². The first-order valence-electron chi connectivity index (χ1n) is 7.77. The minimum atomic E-state index is -0.875. The van der Waals surface area contributed by atoms with Crippen molar-refractivity contribution in [3.05, 3.63) is 24.3 Å². The zero-order valence-corrected chi connectivity index (χ0v) is 13.0. The summed E-state index contributed by atoms with van der Waals surface area (Å²) < 4.78 is 5.55. The van der Waals surface area contributed by atoms with Gasteiger partial charge in [0.2, 0.25) is 5.91 Å². The molecule has 0 unspecified atom stereocenters. The van der Waals surface area contributed by atoms with Crippen molar-refractivity contribution in [2.45, 2.75) is 45.6 Å². The molecule has 1 fully saturated rings. The summed E-state index contributed by atoms with van der Waals surface area (Å²) in [5, 5.41) is 12.1. The zero-order chi connectivity index (χ0) is 16.1. The third-order valence-corrected chi connectivity index (χ3v) is 3.91. The molecule has 2 atom stereocenters. The molecule has 1 aromatic rings. The number of carboxylic acids is 1. The maximum Gasteiger partial charge on any atom is 0.307 e. The van der Waals surface area contributed by atoms with Crippen LogP contribution in [0.1, 0.15) is 39.5 Å². The van der Waals surface area contributed by atoms with Gasteiger partial charge in [-0.2, -0.15) is 0 Å². The Morgan fingerprint density at radius 3 is 2.27 bits per heavy atom. The summed E-state index contributed by atoms with van der Waals surface area (Å²) in [6.07, 6.45) is 3.09. The Balaban J connectivity index is 1.99. The van der Waals surface area contributed by atoms with E-state index in [2.05, 4.69) is 5.32 Å². The number of carbonyl (C=O) groups is 2. The number of hydrogen-bond acceptors (Lipinski definition) is 3. The highest BCUT2D eigenvalue weighted by atomic mass is 16.5. The standard InChI is InChI=1S/C17H23NO4/c1-11(2)22-13-9-7-12(8-10-13)18-16(19)14-5-3-4-6-15(14)17(20)21/h7-11,14-15H,3-6H2,1-2H3,(H,18,19)(H,20,21)/t14-,15+/m0/s1. The van der Waals surface area contributed by atoms with E-state index in [1.807, 2.05) is 13.8 Å². The van der Waals surface area contributed by atoms with Crippen LogP contribution < -0.4 is 10.1 Å². The Labute approximate surface area is 130 Å². The van der Waals surface area contributed by atoms with E-state index in [0.29, 0.717) is 18.5 Å². The fourth-order valence-electron chi connectivity index (χ4n) is 2.86. The van der Waals surface area contributed by atoms with Crippen LogP contribution in [0.25, 0.3) is 0 Å². The topological polar surface area (TPSA) is 75.6 Å². The smallest absolute Gasteiger partial charge is 0.307 e. The lowest BCUT2D eigenvalue weighted by Crippen LogP contribution is -2.36. The molecule has 120 valence electrons. The van der Waals surface area contributed by atoms with Crippen molar-refractivity contribution in [1.29, 1.82) is 0 Å². The average molecular weight is 305 g/mol. The van der Waals surface area contributed by atoms with Gasteiger partial charge in [0.25, 0.3) is 0 Å². The highest BCUT2D eigenvalue weighted by molar-refractivity contribution is 5.95. The van der Waals surface area contributed by atoms with Crippen molar-refractivity contribution in [2.75, 3.05) is 5.32 Å². The summed E-state index contributed by atoms with van der Waals surface area (Å²) in [7, 11) is 0. The molecule has 1 saturated carbocycles. The van der Waals surface area contributed by atoms with Gasteiger partial charge in [-0.05, 0) is 51.0 Å². The summed E-state index contributed by atoms with van der Waals surface area (Å²) in [4.78, 5) is 23.6. The van der Waals surface area contributed by atoms with Gasteiger partial charge in [0, 0.05) is 5.69 Å². The van der Waals surface area contributed by atoms with Crippen molar-refractivity contribution >= 4 is 17.6 Å². The molecule has 1 aliphatic carbocycles. The van der Waals surface area contributed by atoms with Gasteiger partial charge in [-0.1, -0.05) is 12.8 Å². The van der Waals surface area contributed by atoms with E-state index < -0.39 is 17.8 Å². The number of amides is 1. The SMILES string of the molecule is CC(C)Oc1ccc(NC(=O)[C@H]2CCCC[C@H]2C(=O)O)cc1. The molecule has 1 aliphatic rings.